The molecule has 0 amide bonds. The van der Waals surface area contributed by atoms with Crippen LogP contribution in [0.25, 0.3) is 0 Å². The Morgan fingerprint density at radius 2 is 2.00 bits per heavy atom. The van der Waals surface area contributed by atoms with Gasteiger partial charge in [-0.25, -0.2) is 0 Å². The van der Waals surface area contributed by atoms with E-state index in [9.17, 15) is 23.3 Å². The van der Waals surface area contributed by atoms with Crippen LogP contribution in [-0.2, 0) is 6.18 Å². The lowest BCUT2D eigenvalue weighted by molar-refractivity contribution is -0.385. The van der Waals surface area contributed by atoms with Gasteiger partial charge in [0.05, 0.1) is 22.1 Å². The SMILES string of the molecule is COc1c([N+](=O)[O-])ccc(C(F)(F)F)c1Br. The van der Waals surface area contributed by atoms with Crippen molar-refractivity contribution < 1.29 is 22.8 Å². The van der Waals surface area contributed by atoms with Crippen LogP contribution in [-0.4, -0.2) is 12.0 Å². The molecule has 0 heterocycles. The minimum atomic E-state index is -4.60. The number of rotatable bonds is 2. The number of ether oxygens (including phenoxy) is 1. The first-order chi connectivity index (χ1) is 7.29. The first-order valence-electron chi connectivity index (χ1n) is 3.87. The summed E-state index contributed by atoms with van der Waals surface area (Å²) in [5, 5.41) is 10.5. The first-order valence-corrected chi connectivity index (χ1v) is 4.66. The van der Waals surface area contributed by atoms with Gasteiger partial charge in [-0.3, -0.25) is 10.1 Å². The number of methoxy groups -OCH3 is 1. The van der Waals surface area contributed by atoms with Gasteiger partial charge in [0.25, 0.3) is 0 Å². The van der Waals surface area contributed by atoms with E-state index in [0.29, 0.717) is 6.07 Å². The predicted octanol–water partition coefficient (Wildman–Crippen LogP) is 3.38. The van der Waals surface area contributed by atoms with Crippen molar-refractivity contribution in [3.05, 3.63) is 32.3 Å². The zero-order chi connectivity index (χ0) is 12.5. The van der Waals surface area contributed by atoms with Gasteiger partial charge < -0.3 is 4.74 Å². The Hall–Kier alpha value is -1.31. The van der Waals surface area contributed by atoms with Crippen LogP contribution in [0.15, 0.2) is 16.6 Å². The molecule has 0 aromatic heterocycles. The molecule has 0 spiro atoms. The molecule has 0 saturated carbocycles. The lowest BCUT2D eigenvalue weighted by Crippen LogP contribution is -2.07. The summed E-state index contributed by atoms with van der Waals surface area (Å²) in [5.41, 5.74) is -1.54. The van der Waals surface area contributed by atoms with Gasteiger partial charge in [-0.2, -0.15) is 13.2 Å². The van der Waals surface area contributed by atoms with E-state index in [1.54, 1.807) is 0 Å². The standard InChI is InChI=1S/C8H5BrF3NO3/c1-16-7-5(13(14)15)3-2-4(6(7)9)8(10,11)12/h2-3H,1H3. The van der Waals surface area contributed by atoms with Crippen molar-refractivity contribution in [1.29, 1.82) is 0 Å². The lowest BCUT2D eigenvalue weighted by Gasteiger charge is -2.11. The smallest absolute Gasteiger partial charge is 0.417 e. The van der Waals surface area contributed by atoms with Crippen molar-refractivity contribution in [3.8, 4) is 5.75 Å². The van der Waals surface area contributed by atoms with E-state index in [1.807, 2.05) is 0 Å². The van der Waals surface area contributed by atoms with Crippen LogP contribution < -0.4 is 4.74 Å². The van der Waals surface area contributed by atoms with Crippen molar-refractivity contribution in [2.45, 2.75) is 6.18 Å². The molecule has 1 rings (SSSR count). The minimum Gasteiger partial charge on any atom is -0.489 e. The van der Waals surface area contributed by atoms with E-state index in [4.69, 9.17) is 0 Å². The highest BCUT2D eigenvalue weighted by Gasteiger charge is 2.36. The lowest BCUT2D eigenvalue weighted by atomic mass is 10.2. The largest absolute Gasteiger partial charge is 0.489 e. The van der Waals surface area contributed by atoms with Crippen molar-refractivity contribution in [1.82, 2.24) is 0 Å². The first kappa shape index (κ1) is 12.8. The third kappa shape index (κ3) is 2.26. The molecule has 0 aliphatic rings. The summed E-state index contributed by atoms with van der Waals surface area (Å²) in [6, 6.07) is 1.39. The third-order valence-corrected chi connectivity index (χ3v) is 2.57. The monoisotopic (exact) mass is 299 g/mol. The number of hydrogen-bond donors (Lipinski definition) is 0. The van der Waals surface area contributed by atoms with Crippen LogP contribution in [0.3, 0.4) is 0 Å². The average molecular weight is 300 g/mol. The van der Waals surface area contributed by atoms with E-state index in [2.05, 4.69) is 20.7 Å². The molecule has 0 aliphatic heterocycles. The van der Waals surface area contributed by atoms with Gasteiger partial charge in [0.1, 0.15) is 0 Å². The highest BCUT2D eigenvalue weighted by molar-refractivity contribution is 9.10. The second-order valence-corrected chi connectivity index (χ2v) is 3.53. The number of hydrogen-bond acceptors (Lipinski definition) is 3. The number of halogens is 4. The van der Waals surface area contributed by atoms with E-state index in [1.165, 1.54) is 0 Å². The second-order valence-electron chi connectivity index (χ2n) is 2.73. The molecular weight excluding hydrogens is 295 g/mol. The maximum atomic E-state index is 12.4. The Morgan fingerprint density at radius 3 is 2.38 bits per heavy atom. The van der Waals surface area contributed by atoms with Gasteiger partial charge in [0.2, 0.25) is 5.75 Å². The molecule has 0 aliphatic carbocycles. The fourth-order valence-corrected chi connectivity index (χ4v) is 1.82. The maximum Gasteiger partial charge on any atom is 0.417 e. The van der Waals surface area contributed by atoms with E-state index < -0.39 is 32.6 Å². The van der Waals surface area contributed by atoms with Crippen molar-refractivity contribution in [2.75, 3.05) is 7.11 Å². The molecule has 0 atom stereocenters. The molecular formula is C8H5BrF3NO3. The summed E-state index contributed by atoms with van der Waals surface area (Å²) in [4.78, 5) is 9.70. The Morgan fingerprint density at radius 1 is 1.44 bits per heavy atom. The Balaban J connectivity index is 3.46. The Bertz CT molecular complexity index is 433. The number of nitro benzene ring substituents is 1. The highest BCUT2D eigenvalue weighted by Crippen LogP contribution is 2.43. The molecule has 0 unspecified atom stereocenters. The fourth-order valence-electron chi connectivity index (χ4n) is 1.10. The molecule has 1 aromatic rings. The minimum absolute atomic E-state index is 0.445. The van der Waals surface area contributed by atoms with Crippen molar-refractivity contribution in [2.24, 2.45) is 0 Å². The predicted molar refractivity (Wildman–Crippen MR) is 52.4 cm³/mol. The average Bonchev–Trinajstić information content (AvgIpc) is 2.14. The van der Waals surface area contributed by atoms with Gasteiger partial charge >= 0.3 is 11.9 Å². The van der Waals surface area contributed by atoms with Crippen LogP contribution in [0.4, 0.5) is 18.9 Å². The number of benzene rings is 1. The normalized spacial score (nSPS) is 11.3. The fraction of sp³-hybridized carbons (Fsp3) is 0.250. The van der Waals surface area contributed by atoms with Crippen LogP contribution in [0.2, 0.25) is 0 Å². The third-order valence-electron chi connectivity index (χ3n) is 1.78. The van der Waals surface area contributed by atoms with Crippen LogP contribution >= 0.6 is 15.9 Å². The molecule has 0 fully saturated rings. The highest BCUT2D eigenvalue weighted by atomic mass is 79.9. The number of alkyl halides is 3. The Labute approximate surface area is 96.3 Å². The molecule has 16 heavy (non-hydrogen) atoms. The molecule has 8 heteroatoms. The molecule has 0 N–H and O–H groups in total. The topological polar surface area (TPSA) is 52.4 Å². The van der Waals surface area contributed by atoms with Gasteiger partial charge in [-0.05, 0) is 22.0 Å². The van der Waals surface area contributed by atoms with Gasteiger partial charge in [0, 0.05) is 6.07 Å². The summed E-state index contributed by atoms with van der Waals surface area (Å²) < 4.78 is 41.4. The van der Waals surface area contributed by atoms with Crippen LogP contribution in [0.5, 0.6) is 5.75 Å². The van der Waals surface area contributed by atoms with Gasteiger partial charge in [-0.15, -0.1) is 0 Å². The Kier molecular flexibility index (Phi) is 3.41. The molecule has 0 saturated heterocycles. The molecule has 88 valence electrons. The summed E-state index contributed by atoms with van der Waals surface area (Å²) >= 11 is 2.65. The van der Waals surface area contributed by atoms with E-state index in [0.717, 1.165) is 13.2 Å². The second kappa shape index (κ2) is 4.28. The summed E-state index contributed by atoms with van der Waals surface area (Å²) in [7, 11) is 1.06. The van der Waals surface area contributed by atoms with E-state index in [-0.39, 0.29) is 0 Å². The van der Waals surface area contributed by atoms with Crippen LogP contribution in [0, 0.1) is 10.1 Å². The summed E-state index contributed by atoms with van der Waals surface area (Å²) in [5.74, 6) is -0.445. The zero-order valence-corrected chi connectivity index (χ0v) is 9.42. The number of nitrogens with zero attached hydrogens (tertiary/aromatic N) is 1. The van der Waals surface area contributed by atoms with Gasteiger partial charge in [0.15, 0.2) is 0 Å². The van der Waals surface area contributed by atoms with Crippen molar-refractivity contribution in [3.63, 3.8) is 0 Å². The molecule has 0 radical (unpaired) electrons. The summed E-state index contributed by atoms with van der Waals surface area (Å²) in [6.45, 7) is 0. The van der Waals surface area contributed by atoms with Crippen LogP contribution in [0.1, 0.15) is 5.56 Å². The zero-order valence-electron chi connectivity index (χ0n) is 7.84. The van der Waals surface area contributed by atoms with Gasteiger partial charge in [-0.1, -0.05) is 0 Å². The molecule has 0 bridgehead atoms. The van der Waals surface area contributed by atoms with Crippen molar-refractivity contribution >= 4 is 21.6 Å². The maximum absolute atomic E-state index is 12.4. The molecule has 1 aromatic carbocycles. The van der Waals surface area contributed by atoms with E-state index >= 15 is 0 Å². The number of nitro groups is 1. The quantitative estimate of drug-likeness (QED) is 0.621. The summed E-state index contributed by atoms with van der Waals surface area (Å²) in [6.07, 6.45) is -4.60. The molecule has 4 nitrogen and oxygen atoms in total.